The Labute approximate surface area is 129 Å². The molecule has 1 N–H and O–H groups in total. The van der Waals surface area contributed by atoms with Gasteiger partial charge < -0.3 is 4.42 Å². The highest BCUT2D eigenvalue weighted by Crippen LogP contribution is 2.18. The van der Waals surface area contributed by atoms with E-state index in [1.807, 2.05) is 42.5 Å². The van der Waals surface area contributed by atoms with Crippen LogP contribution in [0, 0.1) is 0 Å². The van der Waals surface area contributed by atoms with E-state index in [1.165, 1.54) is 0 Å². The van der Waals surface area contributed by atoms with E-state index < -0.39 is 0 Å². The fourth-order valence-electron chi connectivity index (χ4n) is 2.27. The topological polar surface area (TPSA) is 50.4 Å². The molecule has 0 bridgehead atoms. The number of para-hydroxylation sites is 2. The molecule has 0 fully saturated rings. The first kappa shape index (κ1) is 14.3. The van der Waals surface area contributed by atoms with Crippen LogP contribution in [0.4, 0.5) is 6.01 Å². The zero-order chi connectivity index (χ0) is 15.2. The minimum Gasteiger partial charge on any atom is -0.422 e. The molecule has 3 aromatic rings. The van der Waals surface area contributed by atoms with Crippen LogP contribution < -0.4 is 5.43 Å². The van der Waals surface area contributed by atoms with Crippen LogP contribution in [0.3, 0.4) is 0 Å². The number of rotatable bonds is 6. The molecule has 4 nitrogen and oxygen atoms in total. The summed E-state index contributed by atoms with van der Waals surface area (Å²) in [5.41, 5.74) is 6.68. The number of anilines is 1. The van der Waals surface area contributed by atoms with Crippen molar-refractivity contribution in [2.75, 3.05) is 5.43 Å². The lowest BCUT2D eigenvalue weighted by Crippen LogP contribution is -2.04. The van der Waals surface area contributed by atoms with Gasteiger partial charge >= 0.3 is 6.01 Å². The molecule has 1 aromatic heterocycles. The number of nitrogens with zero attached hydrogens (tertiary/aromatic N) is 2. The van der Waals surface area contributed by atoms with E-state index in [9.17, 15) is 0 Å². The predicted molar refractivity (Wildman–Crippen MR) is 90.1 cm³/mol. The molecule has 2 aromatic carbocycles. The standard InChI is InChI=1S/C18H19N3O/c1-2-3-11-15(14-9-5-4-6-10-14)20-21-18-19-16-12-7-8-13-17(16)22-18/h4-10,12-13H,2-3,11H2,1H3,(H,19,21). The number of nitrogens with one attached hydrogen (secondary N) is 1. The monoisotopic (exact) mass is 293 g/mol. The van der Waals surface area contributed by atoms with Gasteiger partial charge in [-0.2, -0.15) is 10.1 Å². The van der Waals surface area contributed by atoms with Crippen molar-refractivity contribution >= 4 is 22.8 Å². The van der Waals surface area contributed by atoms with Crippen LogP contribution in [0.25, 0.3) is 11.1 Å². The summed E-state index contributed by atoms with van der Waals surface area (Å²) in [6.07, 6.45) is 3.16. The minimum atomic E-state index is 0.422. The lowest BCUT2D eigenvalue weighted by Gasteiger charge is -2.05. The summed E-state index contributed by atoms with van der Waals surface area (Å²) in [5, 5.41) is 4.51. The van der Waals surface area contributed by atoms with Crippen LogP contribution in [0.2, 0.25) is 0 Å². The Morgan fingerprint density at radius 1 is 1.09 bits per heavy atom. The van der Waals surface area contributed by atoms with Gasteiger partial charge in [0.1, 0.15) is 5.52 Å². The maximum atomic E-state index is 5.63. The molecule has 0 aliphatic rings. The molecule has 0 aliphatic carbocycles. The van der Waals surface area contributed by atoms with Crippen LogP contribution in [0.5, 0.6) is 0 Å². The Bertz CT molecular complexity index is 729. The first-order valence-corrected chi connectivity index (χ1v) is 7.60. The van der Waals surface area contributed by atoms with Gasteiger partial charge in [0.05, 0.1) is 5.71 Å². The van der Waals surface area contributed by atoms with Crippen molar-refractivity contribution in [2.24, 2.45) is 5.10 Å². The molecule has 0 aliphatic heterocycles. The average Bonchev–Trinajstić information content (AvgIpc) is 2.98. The van der Waals surface area contributed by atoms with Crippen LogP contribution in [-0.2, 0) is 0 Å². The maximum absolute atomic E-state index is 5.63. The maximum Gasteiger partial charge on any atom is 0.316 e. The smallest absolute Gasteiger partial charge is 0.316 e. The first-order valence-electron chi connectivity index (χ1n) is 7.60. The molecule has 112 valence electrons. The second-order valence-electron chi connectivity index (χ2n) is 5.13. The molecule has 3 rings (SSSR count). The zero-order valence-electron chi connectivity index (χ0n) is 12.6. The van der Waals surface area contributed by atoms with Gasteiger partial charge in [-0.25, -0.2) is 5.43 Å². The molecule has 4 heteroatoms. The summed E-state index contributed by atoms with van der Waals surface area (Å²) in [7, 11) is 0. The van der Waals surface area contributed by atoms with E-state index >= 15 is 0 Å². The van der Waals surface area contributed by atoms with Crippen molar-refractivity contribution in [3.8, 4) is 0 Å². The van der Waals surface area contributed by atoms with E-state index in [-0.39, 0.29) is 0 Å². The third-order valence-electron chi connectivity index (χ3n) is 3.45. The van der Waals surface area contributed by atoms with Gasteiger partial charge in [-0.15, -0.1) is 0 Å². The molecule has 0 radical (unpaired) electrons. The Balaban J connectivity index is 1.82. The number of fused-ring (bicyclic) bond motifs is 1. The summed E-state index contributed by atoms with van der Waals surface area (Å²) in [5.74, 6) is 0. The van der Waals surface area contributed by atoms with Gasteiger partial charge in [-0.3, -0.25) is 0 Å². The molecule has 0 saturated heterocycles. The first-order chi connectivity index (χ1) is 10.9. The third-order valence-corrected chi connectivity index (χ3v) is 3.45. The molecule has 22 heavy (non-hydrogen) atoms. The van der Waals surface area contributed by atoms with Gasteiger partial charge in [0.15, 0.2) is 5.58 Å². The van der Waals surface area contributed by atoms with Crippen molar-refractivity contribution in [3.63, 3.8) is 0 Å². The third kappa shape index (κ3) is 3.34. The molecule has 0 amide bonds. The zero-order valence-corrected chi connectivity index (χ0v) is 12.6. The molecule has 0 unspecified atom stereocenters. The highest BCUT2D eigenvalue weighted by molar-refractivity contribution is 6.00. The number of hydrazone groups is 1. The Morgan fingerprint density at radius 2 is 1.86 bits per heavy atom. The van der Waals surface area contributed by atoms with Crippen LogP contribution in [0.1, 0.15) is 31.7 Å². The van der Waals surface area contributed by atoms with Crippen LogP contribution in [-0.4, -0.2) is 10.7 Å². The molecule has 1 heterocycles. The fraction of sp³-hybridized carbons (Fsp3) is 0.222. The lowest BCUT2D eigenvalue weighted by atomic mass is 10.1. The molecular weight excluding hydrogens is 274 g/mol. The van der Waals surface area contributed by atoms with Crippen molar-refractivity contribution < 1.29 is 4.42 Å². The quantitative estimate of drug-likeness (QED) is 0.523. The number of hydrogen-bond acceptors (Lipinski definition) is 4. The van der Waals surface area contributed by atoms with Gasteiger partial charge in [-0.1, -0.05) is 55.8 Å². The summed E-state index contributed by atoms with van der Waals surface area (Å²) < 4.78 is 5.63. The van der Waals surface area contributed by atoms with Crippen molar-refractivity contribution in [1.82, 2.24) is 4.98 Å². The Kier molecular flexibility index (Phi) is 4.49. The average molecular weight is 293 g/mol. The highest BCUT2D eigenvalue weighted by atomic mass is 16.4. The molecular formula is C18H19N3O. The number of aromatic nitrogens is 1. The van der Waals surface area contributed by atoms with Gasteiger partial charge in [0, 0.05) is 0 Å². The second-order valence-corrected chi connectivity index (χ2v) is 5.13. The number of oxazole rings is 1. The number of hydrogen-bond donors (Lipinski definition) is 1. The van der Waals surface area contributed by atoms with E-state index in [4.69, 9.17) is 4.42 Å². The molecule has 0 saturated carbocycles. The van der Waals surface area contributed by atoms with Gasteiger partial charge in [-0.05, 0) is 30.5 Å². The van der Waals surface area contributed by atoms with Gasteiger partial charge in [0.2, 0.25) is 0 Å². The number of benzene rings is 2. The highest BCUT2D eigenvalue weighted by Gasteiger charge is 2.06. The summed E-state index contributed by atoms with van der Waals surface area (Å²) in [4.78, 5) is 4.37. The van der Waals surface area contributed by atoms with Crippen LogP contribution >= 0.6 is 0 Å². The van der Waals surface area contributed by atoms with Gasteiger partial charge in [0.25, 0.3) is 0 Å². The largest absolute Gasteiger partial charge is 0.422 e. The SMILES string of the molecule is CCCCC(=NNc1nc2ccccc2o1)c1ccccc1. The van der Waals surface area contributed by atoms with E-state index in [0.717, 1.165) is 41.6 Å². The summed E-state index contributed by atoms with van der Waals surface area (Å²) in [6.45, 7) is 2.18. The van der Waals surface area contributed by atoms with E-state index in [0.29, 0.717) is 6.01 Å². The molecule has 0 atom stereocenters. The predicted octanol–water partition coefficient (Wildman–Crippen LogP) is 4.83. The molecule has 0 spiro atoms. The number of unbranched alkanes of at least 4 members (excludes halogenated alkanes) is 1. The lowest BCUT2D eigenvalue weighted by molar-refractivity contribution is 0.617. The van der Waals surface area contributed by atoms with Crippen molar-refractivity contribution in [2.45, 2.75) is 26.2 Å². The Hall–Kier alpha value is -2.62. The fourth-order valence-corrected chi connectivity index (χ4v) is 2.27. The Morgan fingerprint density at radius 3 is 2.64 bits per heavy atom. The summed E-state index contributed by atoms with van der Waals surface area (Å²) in [6, 6.07) is 18.3. The summed E-state index contributed by atoms with van der Waals surface area (Å²) >= 11 is 0. The minimum absolute atomic E-state index is 0.422. The van der Waals surface area contributed by atoms with Crippen LogP contribution in [0.15, 0.2) is 64.1 Å². The second kappa shape index (κ2) is 6.89. The van der Waals surface area contributed by atoms with E-state index in [2.05, 4.69) is 34.6 Å². The normalized spacial score (nSPS) is 11.8. The van der Waals surface area contributed by atoms with E-state index in [1.54, 1.807) is 0 Å². The van der Waals surface area contributed by atoms with Crippen molar-refractivity contribution in [1.29, 1.82) is 0 Å². The van der Waals surface area contributed by atoms with Crippen molar-refractivity contribution in [3.05, 3.63) is 60.2 Å².